The van der Waals surface area contributed by atoms with Gasteiger partial charge in [-0.1, -0.05) is 140 Å². The molecule has 0 aliphatic heterocycles. The number of nitrogens with zero attached hydrogens (tertiary/aromatic N) is 2. The average Bonchev–Trinajstić information content (AvgIpc) is 3.42. The van der Waals surface area contributed by atoms with Gasteiger partial charge in [0.15, 0.2) is 0 Å². The van der Waals surface area contributed by atoms with Crippen LogP contribution in [0.1, 0.15) is 12.8 Å². The monoisotopic (exact) mass is 902 g/mol. The molecule has 0 N–H and O–H groups in total. The van der Waals surface area contributed by atoms with Gasteiger partial charge in [-0.05, 0) is 192 Å². The van der Waals surface area contributed by atoms with Crippen LogP contribution in [0.25, 0.3) is 86.9 Å². The van der Waals surface area contributed by atoms with E-state index in [2.05, 4.69) is 192 Å². The van der Waals surface area contributed by atoms with E-state index in [-0.39, 0.29) is 11.6 Å². The van der Waals surface area contributed by atoms with Crippen LogP contribution in [0.5, 0.6) is 0 Å². The second-order valence-electron chi connectivity index (χ2n) is 18.2. The third kappa shape index (κ3) is 6.99. The highest BCUT2D eigenvalue weighted by atomic mass is 19.1. The molecule has 4 heteroatoms. The zero-order chi connectivity index (χ0) is 46.7. The molecule has 70 heavy (non-hydrogen) atoms. The molecule has 13 rings (SSSR count). The molecule has 0 heterocycles. The van der Waals surface area contributed by atoms with Crippen molar-refractivity contribution in [2.75, 3.05) is 9.80 Å². The van der Waals surface area contributed by atoms with E-state index in [0.717, 1.165) is 123 Å². The average molecular weight is 903 g/mol. The number of para-hydroxylation sites is 3. The second-order valence-corrected chi connectivity index (χ2v) is 18.2. The number of rotatable bonds is 8. The maximum atomic E-state index is 15.7. The Balaban J connectivity index is 1.14. The van der Waals surface area contributed by atoms with Crippen LogP contribution in [0, 0.1) is 11.6 Å². The Morgan fingerprint density at radius 1 is 0.286 bits per heavy atom. The highest BCUT2D eigenvalue weighted by Gasteiger charge is 2.21. The molecule has 12 aromatic carbocycles. The Morgan fingerprint density at radius 2 is 0.657 bits per heavy atom. The third-order valence-electron chi connectivity index (χ3n) is 14.1. The van der Waals surface area contributed by atoms with Crippen LogP contribution in [-0.2, 0) is 0 Å². The summed E-state index contributed by atoms with van der Waals surface area (Å²) in [6, 6.07) is 76.6. The van der Waals surface area contributed by atoms with Gasteiger partial charge in [-0.2, -0.15) is 0 Å². The van der Waals surface area contributed by atoms with Gasteiger partial charge in [-0.15, -0.1) is 0 Å². The SMILES string of the molecule is Fc1ccccc1-c1ccc2c(c1)c1cc3c4ccc(N(c5ccccc5)c5ccccc5)cc4c4ccc(-c5ccccc5F)cc4c3cc1c1ccc(N(C3=CCCC=C3)c3ccccc3)cc21. The third-order valence-corrected chi connectivity index (χ3v) is 14.1. The number of allylic oxidation sites excluding steroid dienone is 3. The fourth-order valence-electron chi connectivity index (χ4n) is 10.9. The van der Waals surface area contributed by atoms with E-state index in [1.807, 2.05) is 36.4 Å². The predicted octanol–water partition coefficient (Wildman–Crippen LogP) is 19.1. The van der Waals surface area contributed by atoms with Gasteiger partial charge in [0, 0.05) is 45.3 Å². The second kappa shape index (κ2) is 17.0. The first-order valence-corrected chi connectivity index (χ1v) is 23.9. The van der Waals surface area contributed by atoms with Crippen molar-refractivity contribution < 1.29 is 8.78 Å². The normalized spacial score (nSPS) is 12.6. The number of benzene rings is 12. The van der Waals surface area contributed by atoms with Crippen molar-refractivity contribution in [3.05, 3.63) is 260 Å². The minimum absolute atomic E-state index is 0.258. The van der Waals surface area contributed by atoms with Crippen LogP contribution in [0.15, 0.2) is 248 Å². The van der Waals surface area contributed by atoms with Gasteiger partial charge in [0.25, 0.3) is 0 Å². The lowest BCUT2D eigenvalue weighted by molar-refractivity contribution is 0.631. The summed E-state index contributed by atoms with van der Waals surface area (Å²) in [5.41, 5.74) is 9.15. The van der Waals surface area contributed by atoms with Gasteiger partial charge in [-0.3, -0.25) is 0 Å². The molecule has 0 spiro atoms. The minimum Gasteiger partial charge on any atom is -0.311 e. The van der Waals surface area contributed by atoms with E-state index in [1.165, 1.54) is 12.1 Å². The Kier molecular flexibility index (Phi) is 10.1. The molecule has 2 nitrogen and oxygen atoms in total. The van der Waals surface area contributed by atoms with Gasteiger partial charge in [0.05, 0.1) is 0 Å². The highest BCUT2D eigenvalue weighted by Crippen LogP contribution is 2.47. The molecule has 0 fully saturated rings. The van der Waals surface area contributed by atoms with Crippen molar-refractivity contribution in [1.82, 2.24) is 0 Å². The fraction of sp³-hybridized carbons (Fsp3) is 0.0303. The van der Waals surface area contributed by atoms with E-state index in [0.29, 0.717) is 11.1 Å². The lowest BCUT2D eigenvalue weighted by Crippen LogP contribution is -2.16. The zero-order valence-corrected chi connectivity index (χ0v) is 38.2. The summed E-state index contributed by atoms with van der Waals surface area (Å²) >= 11 is 0. The van der Waals surface area contributed by atoms with Gasteiger partial charge in [0.1, 0.15) is 11.6 Å². The van der Waals surface area contributed by atoms with Crippen molar-refractivity contribution in [2.24, 2.45) is 0 Å². The van der Waals surface area contributed by atoms with E-state index in [9.17, 15) is 0 Å². The van der Waals surface area contributed by atoms with Crippen LogP contribution in [0.4, 0.5) is 37.2 Å². The molecule has 332 valence electrons. The largest absolute Gasteiger partial charge is 0.311 e. The van der Waals surface area contributed by atoms with Crippen LogP contribution >= 0.6 is 0 Å². The molecule has 1 aliphatic rings. The number of hydrogen-bond acceptors (Lipinski definition) is 2. The Bertz CT molecular complexity index is 4050. The standard InChI is InChI=1S/C66H44F2N2/c67-65-27-15-13-25-51(65)43-29-33-53-57(37-43)63-42-62-56-36-32-50(70(47-21-9-3-10-22-47)48-23-11-4-12-24-48)40-60(56)54-34-30-44(52-26-14-16-28-66(52)68)38-58(54)64(62)41-61(63)55-35-31-49(39-59(53)55)69(45-17-5-1-6-18-45)46-19-7-2-8-20-46/h1-3,5-11,13-42H,4,12H2. The summed E-state index contributed by atoms with van der Waals surface area (Å²) in [5, 5.41) is 12.9. The first-order valence-electron chi connectivity index (χ1n) is 23.9. The molecular formula is C66H44F2N2. The first kappa shape index (κ1) is 41.3. The smallest absolute Gasteiger partial charge is 0.131 e. The Labute approximate surface area is 404 Å². The van der Waals surface area contributed by atoms with Crippen LogP contribution in [0.3, 0.4) is 0 Å². The quantitative estimate of drug-likeness (QED) is 0.111. The van der Waals surface area contributed by atoms with Crippen LogP contribution in [0.2, 0.25) is 0 Å². The topological polar surface area (TPSA) is 6.48 Å². The van der Waals surface area contributed by atoms with Crippen molar-refractivity contribution in [3.63, 3.8) is 0 Å². The van der Waals surface area contributed by atoms with E-state index < -0.39 is 0 Å². The molecule has 1 aliphatic carbocycles. The first-order chi connectivity index (χ1) is 34.6. The molecule has 12 aromatic rings. The molecule has 0 radical (unpaired) electrons. The maximum Gasteiger partial charge on any atom is 0.131 e. The molecule has 0 atom stereocenters. The molecule has 0 unspecified atom stereocenters. The molecule has 0 bridgehead atoms. The minimum atomic E-state index is -0.260. The molecular weight excluding hydrogens is 859 g/mol. The summed E-state index contributed by atoms with van der Waals surface area (Å²) in [5.74, 6) is -0.519. The van der Waals surface area contributed by atoms with Gasteiger partial charge < -0.3 is 9.80 Å². The van der Waals surface area contributed by atoms with E-state index in [1.54, 1.807) is 12.1 Å². The van der Waals surface area contributed by atoms with Crippen LogP contribution in [-0.4, -0.2) is 0 Å². The number of anilines is 5. The summed E-state index contributed by atoms with van der Waals surface area (Å²) in [6.07, 6.45) is 8.78. The highest BCUT2D eigenvalue weighted by molar-refractivity contribution is 6.33. The maximum absolute atomic E-state index is 15.7. The number of hydrogen-bond donors (Lipinski definition) is 0. The Morgan fingerprint density at radius 3 is 1.10 bits per heavy atom. The zero-order valence-electron chi connectivity index (χ0n) is 38.2. The van der Waals surface area contributed by atoms with Gasteiger partial charge in [-0.25, -0.2) is 8.78 Å². The van der Waals surface area contributed by atoms with Crippen molar-refractivity contribution in [2.45, 2.75) is 12.8 Å². The molecule has 0 amide bonds. The van der Waals surface area contributed by atoms with Crippen molar-refractivity contribution in [3.8, 4) is 22.3 Å². The Hall–Kier alpha value is -8.86. The van der Waals surface area contributed by atoms with E-state index in [4.69, 9.17) is 0 Å². The lowest BCUT2D eigenvalue weighted by atomic mass is 9.86. The summed E-state index contributed by atoms with van der Waals surface area (Å²) in [4.78, 5) is 4.63. The van der Waals surface area contributed by atoms with Gasteiger partial charge >= 0.3 is 0 Å². The van der Waals surface area contributed by atoms with Crippen molar-refractivity contribution >= 4 is 93.1 Å². The van der Waals surface area contributed by atoms with Crippen molar-refractivity contribution in [1.29, 1.82) is 0 Å². The molecule has 0 saturated carbocycles. The predicted molar refractivity (Wildman–Crippen MR) is 292 cm³/mol. The number of fused-ring (bicyclic) bond motifs is 12. The summed E-state index contributed by atoms with van der Waals surface area (Å²) < 4.78 is 31.4. The summed E-state index contributed by atoms with van der Waals surface area (Å²) in [6.45, 7) is 0. The summed E-state index contributed by atoms with van der Waals surface area (Å²) in [7, 11) is 0. The van der Waals surface area contributed by atoms with Crippen LogP contribution < -0.4 is 9.80 Å². The lowest BCUT2D eigenvalue weighted by Gasteiger charge is -2.28. The number of halogens is 2. The van der Waals surface area contributed by atoms with Gasteiger partial charge in [0.2, 0.25) is 0 Å². The fourth-order valence-corrected chi connectivity index (χ4v) is 10.9. The van der Waals surface area contributed by atoms with E-state index >= 15 is 8.78 Å². The molecule has 0 aromatic heterocycles. The molecule has 0 saturated heterocycles.